The number of carbonyl (C=O) groups is 2. The van der Waals surface area contributed by atoms with Crippen molar-refractivity contribution in [3.05, 3.63) is 15.0 Å². The Morgan fingerprint density at radius 2 is 2.21 bits per heavy atom. The van der Waals surface area contributed by atoms with Gasteiger partial charge >= 0.3 is 12.1 Å². The van der Waals surface area contributed by atoms with Gasteiger partial charge in [0.15, 0.2) is 0 Å². The smallest absolute Gasteiger partial charge is 0.408 e. The molecule has 0 aliphatic carbocycles. The number of aliphatic carboxylic acids is 1. The van der Waals surface area contributed by atoms with Crippen LogP contribution in [0, 0.1) is 0 Å². The molecule has 106 valence electrons. The number of aromatic nitrogens is 1. The van der Waals surface area contributed by atoms with Crippen molar-refractivity contribution in [3.8, 4) is 0 Å². The zero-order valence-corrected chi connectivity index (χ0v) is 13.2. The van der Waals surface area contributed by atoms with Gasteiger partial charge in [-0.2, -0.15) is 0 Å². The van der Waals surface area contributed by atoms with Gasteiger partial charge in [-0.1, -0.05) is 0 Å². The van der Waals surface area contributed by atoms with Crippen LogP contribution in [0.5, 0.6) is 0 Å². The molecule has 6 nitrogen and oxygen atoms in total. The summed E-state index contributed by atoms with van der Waals surface area (Å²) in [4.78, 5) is 26.7. The van der Waals surface area contributed by atoms with Crippen LogP contribution in [-0.2, 0) is 16.0 Å². The first-order valence-electron chi connectivity index (χ1n) is 5.50. The molecule has 19 heavy (non-hydrogen) atoms. The lowest BCUT2D eigenvalue weighted by molar-refractivity contribution is -0.139. The van der Waals surface area contributed by atoms with E-state index in [9.17, 15) is 9.59 Å². The van der Waals surface area contributed by atoms with Crippen molar-refractivity contribution in [2.45, 2.75) is 38.8 Å². The highest BCUT2D eigenvalue weighted by atomic mass is 79.9. The number of nitrogens with one attached hydrogen (secondary N) is 1. The summed E-state index contributed by atoms with van der Waals surface area (Å²) >= 11 is 4.57. The van der Waals surface area contributed by atoms with Gasteiger partial charge in [0.05, 0.1) is 15.0 Å². The van der Waals surface area contributed by atoms with Crippen LogP contribution in [0.3, 0.4) is 0 Å². The van der Waals surface area contributed by atoms with Crippen molar-refractivity contribution >= 4 is 39.3 Å². The van der Waals surface area contributed by atoms with Gasteiger partial charge in [-0.15, -0.1) is 11.3 Å². The fourth-order valence-corrected chi connectivity index (χ4v) is 2.56. The maximum atomic E-state index is 11.5. The molecular weight excluding hydrogens is 336 g/mol. The topological polar surface area (TPSA) is 88.5 Å². The van der Waals surface area contributed by atoms with Crippen molar-refractivity contribution in [1.82, 2.24) is 10.3 Å². The Morgan fingerprint density at radius 3 is 2.63 bits per heavy atom. The number of ether oxygens (including phenoxy) is 1. The zero-order valence-electron chi connectivity index (χ0n) is 10.8. The Hall–Kier alpha value is -1.15. The number of hydrogen-bond acceptors (Lipinski definition) is 5. The van der Waals surface area contributed by atoms with E-state index in [0.717, 1.165) is 3.79 Å². The van der Waals surface area contributed by atoms with Crippen LogP contribution in [0.2, 0.25) is 0 Å². The average molecular weight is 351 g/mol. The minimum atomic E-state index is -1.13. The van der Waals surface area contributed by atoms with Gasteiger partial charge in [0.1, 0.15) is 11.6 Å². The second-order valence-electron chi connectivity index (χ2n) is 4.80. The van der Waals surface area contributed by atoms with E-state index < -0.39 is 23.7 Å². The summed E-state index contributed by atoms with van der Waals surface area (Å²) in [5.41, 5.74) is -0.669. The first-order chi connectivity index (χ1) is 8.67. The van der Waals surface area contributed by atoms with Crippen molar-refractivity contribution in [3.63, 3.8) is 0 Å². The van der Waals surface area contributed by atoms with Crippen LogP contribution in [0.4, 0.5) is 4.79 Å². The number of amides is 1. The molecule has 1 atom stereocenters. The molecule has 0 bridgehead atoms. The number of hydrogen-bond donors (Lipinski definition) is 2. The molecule has 0 saturated carbocycles. The molecular formula is C11H15BrN2O4S. The molecule has 1 heterocycles. The van der Waals surface area contributed by atoms with E-state index in [1.54, 1.807) is 27.0 Å². The second-order valence-corrected chi connectivity index (χ2v) is 7.29. The standard InChI is InChI=1S/C11H15BrN2O4S/c1-11(2,3)18-10(17)14-6(9(15)16)4-8-13-5-7(12)19-8/h5-6H,4H2,1-3H3,(H,14,17)(H,15,16)/t6-/m0/s1. The van der Waals surface area contributed by atoms with E-state index in [1.165, 1.54) is 11.3 Å². The highest BCUT2D eigenvalue weighted by Crippen LogP contribution is 2.20. The largest absolute Gasteiger partial charge is 0.480 e. The predicted molar refractivity (Wildman–Crippen MR) is 74.3 cm³/mol. The number of thiazole rings is 1. The lowest BCUT2D eigenvalue weighted by atomic mass is 10.2. The van der Waals surface area contributed by atoms with E-state index in [-0.39, 0.29) is 6.42 Å². The van der Waals surface area contributed by atoms with Gasteiger partial charge in [0.2, 0.25) is 0 Å². The number of rotatable bonds is 4. The Morgan fingerprint density at radius 1 is 1.58 bits per heavy atom. The number of halogens is 1. The molecule has 0 aliphatic rings. The first-order valence-corrected chi connectivity index (χ1v) is 7.11. The van der Waals surface area contributed by atoms with Crippen LogP contribution in [0.15, 0.2) is 9.98 Å². The van der Waals surface area contributed by atoms with E-state index in [4.69, 9.17) is 9.84 Å². The number of carbonyl (C=O) groups excluding carboxylic acids is 1. The van der Waals surface area contributed by atoms with Crippen LogP contribution in [0.25, 0.3) is 0 Å². The van der Waals surface area contributed by atoms with Gasteiger partial charge in [-0.25, -0.2) is 14.6 Å². The fraction of sp³-hybridized carbons (Fsp3) is 0.545. The molecule has 1 aromatic heterocycles. The summed E-state index contributed by atoms with van der Waals surface area (Å²) < 4.78 is 5.83. The highest BCUT2D eigenvalue weighted by molar-refractivity contribution is 9.11. The monoisotopic (exact) mass is 350 g/mol. The molecule has 0 unspecified atom stereocenters. The summed E-state index contributed by atoms with van der Waals surface area (Å²) in [5, 5.41) is 12.0. The molecule has 0 spiro atoms. The number of carboxylic acids is 1. The van der Waals surface area contributed by atoms with Gasteiger partial charge in [0.25, 0.3) is 0 Å². The third-order valence-corrected chi connectivity index (χ3v) is 3.39. The molecule has 0 aromatic carbocycles. The molecule has 0 radical (unpaired) electrons. The number of nitrogens with zero attached hydrogens (tertiary/aromatic N) is 1. The van der Waals surface area contributed by atoms with Gasteiger partial charge in [-0.05, 0) is 36.7 Å². The molecule has 8 heteroatoms. The average Bonchev–Trinajstić information content (AvgIpc) is 2.60. The van der Waals surface area contributed by atoms with Crippen LogP contribution in [-0.4, -0.2) is 33.8 Å². The molecule has 1 aromatic rings. The Balaban J connectivity index is 2.63. The van der Waals surface area contributed by atoms with Crippen molar-refractivity contribution in [2.75, 3.05) is 0 Å². The summed E-state index contributed by atoms with van der Waals surface area (Å²) in [7, 11) is 0. The highest BCUT2D eigenvalue weighted by Gasteiger charge is 2.25. The Labute approximate surface area is 123 Å². The summed E-state index contributed by atoms with van der Waals surface area (Å²) in [6, 6.07) is -1.06. The lowest BCUT2D eigenvalue weighted by Crippen LogP contribution is -2.44. The van der Waals surface area contributed by atoms with Crippen LogP contribution >= 0.6 is 27.3 Å². The maximum Gasteiger partial charge on any atom is 0.408 e. The molecule has 1 rings (SSSR count). The molecule has 0 fully saturated rings. The Bertz CT molecular complexity index is 470. The van der Waals surface area contributed by atoms with Crippen molar-refractivity contribution < 1.29 is 19.4 Å². The predicted octanol–water partition coefficient (Wildman–Crippen LogP) is 2.43. The van der Waals surface area contributed by atoms with Gasteiger partial charge < -0.3 is 15.2 Å². The molecule has 0 aliphatic heterocycles. The SMILES string of the molecule is CC(C)(C)OC(=O)N[C@@H](Cc1ncc(Br)s1)C(=O)O. The minimum Gasteiger partial charge on any atom is -0.480 e. The number of alkyl carbamates (subject to hydrolysis) is 1. The van der Waals surface area contributed by atoms with E-state index in [2.05, 4.69) is 26.2 Å². The normalized spacial score (nSPS) is 12.8. The van der Waals surface area contributed by atoms with E-state index >= 15 is 0 Å². The molecule has 0 saturated heterocycles. The van der Waals surface area contributed by atoms with Crippen molar-refractivity contribution in [2.24, 2.45) is 0 Å². The fourth-order valence-electron chi connectivity index (χ4n) is 1.21. The zero-order chi connectivity index (χ0) is 14.6. The quantitative estimate of drug-likeness (QED) is 0.870. The summed E-state index contributed by atoms with van der Waals surface area (Å²) in [6.45, 7) is 5.13. The Kier molecular flexibility index (Phi) is 5.30. The van der Waals surface area contributed by atoms with Gasteiger partial charge in [-0.3, -0.25) is 0 Å². The lowest BCUT2D eigenvalue weighted by Gasteiger charge is -2.21. The van der Waals surface area contributed by atoms with E-state index in [1.807, 2.05) is 0 Å². The van der Waals surface area contributed by atoms with Crippen molar-refractivity contribution in [1.29, 1.82) is 0 Å². The van der Waals surface area contributed by atoms with Crippen LogP contribution < -0.4 is 5.32 Å². The molecule has 2 N–H and O–H groups in total. The summed E-state index contributed by atoms with van der Waals surface area (Å²) in [5.74, 6) is -1.13. The third kappa shape index (κ3) is 6.02. The van der Waals surface area contributed by atoms with Gasteiger partial charge in [0, 0.05) is 6.42 Å². The number of carboxylic acid groups (broad SMARTS) is 1. The maximum absolute atomic E-state index is 11.5. The summed E-state index contributed by atoms with van der Waals surface area (Å²) in [6.07, 6.45) is 0.951. The third-order valence-electron chi connectivity index (χ3n) is 1.89. The van der Waals surface area contributed by atoms with Crippen LogP contribution in [0.1, 0.15) is 25.8 Å². The second kappa shape index (κ2) is 6.33. The molecule has 1 amide bonds. The minimum absolute atomic E-state index is 0.116. The van der Waals surface area contributed by atoms with E-state index in [0.29, 0.717) is 5.01 Å². The first kappa shape index (κ1) is 15.9.